The number of fused-ring (bicyclic) bond motifs is 1. The van der Waals surface area contributed by atoms with Gasteiger partial charge in [-0.1, -0.05) is 12.1 Å². The van der Waals surface area contributed by atoms with E-state index in [2.05, 4.69) is 23.2 Å². The molecule has 29 heavy (non-hydrogen) atoms. The average Bonchev–Trinajstić information content (AvgIpc) is 2.75. The predicted molar refractivity (Wildman–Crippen MR) is 113 cm³/mol. The van der Waals surface area contributed by atoms with Crippen LogP contribution in [0.25, 0.3) is 0 Å². The summed E-state index contributed by atoms with van der Waals surface area (Å²) in [4.78, 5) is 18.3. The second-order valence-corrected chi connectivity index (χ2v) is 6.88. The topological polar surface area (TPSA) is 89.2 Å². The first-order chi connectivity index (χ1) is 14.0. The maximum absolute atomic E-state index is 11.2. The highest BCUT2D eigenvalue weighted by molar-refractivity contribution is 5.92. The summed E-state index contributed by atoms with van der Waals surface area (Å²) in [6, 6.07) is 11.3. The Morgan fingerprint density at radius 1 is 1.14 bits per heavy atom. The van der Waals surface area contributed by atoms with Gasteiger partial charge in [-0.3, -0.25) is 4.79 Å². The minimum atomic E-state index is -0.424. The van der Waals surface area contributed by atoms with Crippen molar-refractivity contribution in [2.45, 2.75) is 26.4 Å². The highest BCUT2D eigenvalue weighted by atomic mass is 16.5. The molecular weight excluding hydrogens is 368 g/mol. The lowest BCUT2D eigenvalue weighted by molar-refractivity contribution is 0.100. The number of hydrogen-bond donors (Lipinski definition) is 2. The number of aliphatic imine (C=N–C) groups is 1. The molecule has 0 fully saturated rings. The van der Waals surface area contributed by atoms with E-state index in [-0.39, 0.29) is 0 Å². The number of ether oxygens (including phenoxy) is 2. The van der Waals surface area contributed by atoms with Gasteiger partial charge in [-0.2, -0.15) is 0 Å². The van der Waals surface area contributed by atoms with Gasteiger partial charge >= 0.3 is 0 Å². The van der Waals surface area contributed by atoms with E-state index in [0.29, 0.717) is 12.1 Å². The van der Waals surface area contributed by atoms with E-state index in [9.17, 15) is 4.79 Å². The van der Waals surface area contributed by atoms with Gasteiger partial charge in [-0.05, 0) is 54.3 Å². The Bertz CT molecular complexity index is 894. The molecule has 0 bridgehead atoms. The largest absolute Gasteiger partial charge is 0.493 e. The van der Waals surface area contributed by atoms with E-state index in [1.807, 2.05) is 18.2 Å². The number of primary amides is 1. The average molecular weight is 396 g/mol. The minimum Gasteiger partial charge on any atom is -0.493 e. The molecule has 1 amide bonds. The normalized spacial score (nSPS) is 13.6. The zero-order chi connectivity index (χ0) is 20.8. The Morgan fingerprint density at radius 3 is 2.38 bits per heavy atom. The van der Waals surface area contributed by atoms with Crippen LogP contribution in [0.1, 0.15) is 34.0 Å². The number of hydrogen-bond acceptors (Lipinski definition) is 4. The molecule has 3 N–H and O–H groups in total. The molecular formula is C22H28N4O3. The van der Waals surface area contributed by atoms with Gasteiger partial charge in [0.25, 0.3) is 0 Å². The second-order valence-electron chi connectivity index (χ2n) is 6.88. The molecule has 1 aliphatic rings. The molecule has 2 aromatic carbocycles. The molecule has 3 rings (SSSR count). The van der Waals surface area contributed by atoms with Crippen molar-refractivity contribution in [3.63, 3.8) is 0 Å². The number of guanidine groups is 1. The number of nitrogens with one attached hydrogen (secondary N) is 1. The van der Waals surface area contributed by atoms with Crippen molar-refractivity contribution in [3.8, 4) is 11.5 Å². The summed E-state index contributed by atoms with van der Waals surface area (Å²) in [6.07, 6.45) is 0.910. The van der Waals surface area contributed by atoms with Crippen molar-refractivity contribution in [1.29, 1.82) is 0 Å². The molecule has 1 heterocycles. The fourth-order valence-corrected chi connectivity index (χ4v) is 3.43. The smallest absolute Gasteiger partial charge is 0.248 e. The van der Waals surface area contributed by atoms with Crippen LogP contribution < -0.4 is 20.5 Å². The van der Waals surface area contributed by atoms with E-state index in [1.54, 1.807) is 26.4 Å². The van der Waals surface area contributed by atoms with Crippen LogP contribution >= 0.6 is 0 Å². The Hall–Kier alpha value is -3.22. The zero-order valence-electron chi connectivity index (χ0n) is 17.2. The van der Waals surface area contributed by atoms with Gasteiger partial charge < -0.3 is 25.4 Å². The number of nitrogens with two attached hydrogens (primary N) is 1. The van der Waals surface area contributed by atoms with Crippen LogP contribution in [-0.2, 0) is 19.5 Å². The molecule has 0 aliphatic carbocycles. The van der Waals surface area contributed by atoms with Gasteiger partial charge in [-0.25, -0.2) is 4.99 Å². The third-order valence-corrected chi connectivity index (χ3v) is 5.00. The first kappa shape index (κ1) is 20.5. The molecule has 0 atom stereocenters. The maximum atomic E-state index is 11.2. The number of carbonyl (C=O) groups is 1. The van der Waals surface area contributed by atoms with Crippen molar-refractivity contribution in [2.24, 2.45) is 10.7 Å². The van der Waals surface area contributed by atoms with Crippen molar-refractivity contribution in [2.75, 3.05) is 27.3 Å². The minimum absolute atomic E-state index is 0.424. The summed E-state index contributed by atoms with van der Waals surface area (Å²) in [5.74, 6) is 1.95. The highest BCUT2D eigenvalue weighted by Gasteiger charge is 2.21. The monoisotopic (exact) mass is 396 g/mol. The van der Waals surface area contributed by atoms with Gasteiger partial charge in [0, 0.05) is 25.2 Å². The van der Waals surface area contributed by atoms with E-state index in [0.717, 1.165) is 49.1 Å². The number of rotatable bonds is 6. The van der Waals surface area contributed by atoms with Crippen LogP contribution in [-0.4, -0.2) is 44.1 Å². The molecule has 0 aromatic heterocycles. The Kier molecular flexibility index (Phi) is 6.59. The summed E-state index contributed by atoms with van der Waals surface area (Å²) in [5, 5.41) is 3.38. The van der Waals surface area contributed by atoms with Crippen LogP contribution in [0.2, 0.25) is 0 Å². The molecule has 0 radical (unpaired) electrons. The molecule has 0 saturated heterocycles. The Labute approximate surface area is 171 Å². The van der Waals surface area contributed by atoms with Crippen molar-refractivity contribution in [3.05, 3.63) is 58.7 Å². The number of benzene rings is 2. The van der Waals surface area contributed by atoms with Crippen LogP contribution in [0.4, 0.5) is 0 Å². The third kappa shape index (κ3) is 4.80. The molecule has 2 aromatic rings. The molecule has 154 valence electrons. The number of methoxy groups -OCH3 is 2. The summed E-state index contributed by atoms with van der Waals surface area (Å²) in [6.45, 7) is 4.99. The predicted octanol–water partition coefficient (Wildman–Crippen LogP) is 2.33. The molecule has 1 aliphatic heterocycles. The Morgan fingerprint density at radius 2 is 1.79 bits per heavy atom. The lowest BCUT2D eigenvalue weighted by Crippen LogP contribution is -2.44. The van der Waals surface area contributed by atoms with Gasteiger partial charge in [0.2, 0.25) is 5.91 Å². The van der Waals surface area contributed by atoms with Gasteiger partial charge in [0.05, 0.1) is 20.8 Å². The Balaban J connectivity index is 1.77. The fourth-order valence-electron chi connectivity index (χ4n) is 3.43. The van der Waals surface area contributed by atoms with Gasteiger partial charge in [-0.15, -0.1) is 0 Å². The van der Waals surface area contributed by atoms with E-state index >= 15 is 0 Å². The SMILES string of the molecule is CCNC(=NCc1ccc(C(N)=O)cc1)N1CCc2cc(OC)c(OC)cc2C1. The summed E-state index contributed by atoms with van der Waals surface area (Å²) in [5.41, 5.74) is 9.31. The van der Waals surface area contributed by atoms with Crippen LogP contribution in [0.5, 0.6) is 11.5 Å². The quantitative estimate of drug-likeness (QED) is 0.578. The number of nitrogens with zero attached hydrogens (tertiary/aromatic N) is 2. The van der Waals surface area contributed by atoms with Gasteiger partial charge in [0.1, 0.15) is 0 Å². The van der Waals surface area contributed by atoms with Crippen LogP contribution in [0.3, 0.4) is 0 Å². The highest BCUT2D eigenvalue weighted by Crippen LogP contribution is 2.33. The lowest BCUT2D eigenvalue weighted by Gasteiger charge is -2.32. The van der Waals surface area contributed by atoms with E-state index in [4.69, 9.17) is 20.2 Å². The van der Waals surface area contributed by atoms with Crippen molar-refractivity contribution >= 4 is 11.9 Å². The maximum Gasteiger partial charge on any atom is 0.248 e. The summed E-state index contributed by atoms with van der Waals surface area (Å²) in [7, 11) is 3.31. The molecule has 0 unspecified atom stereocenters. The van der Waals surface area contributed by atoms with Crippen molar-refractivity contribution < 1.29 is 14.3 Å². The summed E-state index contributed by atoms with van der Waals surface area (Å²) < 4.78 is 10.9. The van der Waals surface area contributed by atoms with Crippen molar-refractivity contribution in [1.82, 2.24) is 10.2 Å². The van der Waals surface area contributed by atoms with E-state index < -0.39 is 5.91 Å². The molecule has 0 spiro atoms. The third-order valence-electron chi connectivity index (χ3n) is 5.00. The van der Waals surface area contributed by atoms with Crippen LogP contribution in [0.15, 0.2) is 41.4 Å². The molecule has 0 saturated carbocycles. The van der Waals surface area contributed by atoms with E-state index in [1.165, 1.54) is 11.1 Å². The lowest BCUT2D eigenvalue weighted by atomic mass is 9.99. The first-order valence-electron chi connectivity index (χ1n) is 9.71. The number of amides is 1. The number of carbonyl (C=O) groups excluding carboxylic acids is 1. The zero-order valence-corrected chi connectivity index (χ0v) is 17.2. The standard InChI is InChI=1S/C22H28N4O3/c1-4-24-22(25-13-15-5-7-16(8-6-15)21(23)27)26-10-9-17-11-19(28-2)20(29-3)12-18(17)14-26/h5-8,11-12H,4,9-10,13-14H2,1-3H3,(H2,23,27)(H,24,25). The first-order valence-corrected chi connectivity index (χ1v) is 9.71. The van der Waals surface area contributed by atoms with Gasteiger partial charge in [0.15, 0.2) is 17.5 Å². The fraction of sp³-hybridized carbons (Fsp3) is 0.364. The van der Waals surface area contributed by atoms with Crippen LogP contribution in [0, 0.1) is 0 Å². The molecule has 7 heteroatoms. The second kappa shape index (κ2) is 9.32. The molecule has 7 nitrogen and oxygen atoms in total. The summed E-state index contributed by atoms with van der Waals surface area (Å²) >= 11 is 0.